The standard InChI is InChI=1S/C16H17N3O.C2H6/c1-10-9-14(13-7-8-19(3)18-13)17-16-11(2)15(20-4)6-5-12(10)16;1-2/h5-9H,1-4H3;1-2H3. The van der Waals surface area contributed by atoms with Crippen LogP contribution in [0.1, 0.15) is 25.0 Å². The van der Waals surface area contributed by atoms with E-state index in [1.807, 2.05) is 46.1 Å². The highest BCUT2D eigenvalue weighted by atomic mass is 16.5. The number of benzene rings is 1. The second-order valence-corrected chi connectivity index (χ2v) is 4.99. The number of hydrogen-bond acceptors (Lipinski definition) is 3. The highest BCUT2D eigenvalue weighted by Crippen LogP contribution is 2.30. The van der Waals surface area contributed by atoms with E-state index in [1.165, 1.54) is 5.56 Å². The molecule has 3 aromatic rings. The summed E-state index contributed by atoms with van der Waals surface area (Å²) in [7, 11) is 3.59. The molecule has 4 nitrogen and oxygen atoms in total. The van der Waals surface area contributed by atoms with Crippen molar-refractivity contribution < 1.29 is 4.74 Å². The van der Waals surface area contributed by atoms with Gasteiger partial charge in [-0.25, -0.2) is 4.98 Å². The number of pyridine rings is 1. The fourth-order valence-corrected chi connectivity index (χ4v) is 2.48. The summed E-state index contributed by atoms with van der Waals surface area (Å²) in [6.45, 7) is 8.14. The third-order valence-electron chi connectivity index (χ3n) is 3.59. The molecule has 0 bridgehead atoms. The lowest BCUT2D eigenvalue weighted by molar-refractivity contribution is 0.412. The van der Waals surface area contributed by atoms with Crippen LogP contribution in [0, 0.1) is 13.8 Å². The molecule has 1 aromatic carbocycles. The maximum Gasteiger partial charge on any atom is 0.123 e. The van der Waals surface area contributed by atoms with Gasteiger partial charge in [0.1, 0.15) is 11.4 Å². The van der Waals surface area contributed by atoms with E-state index in [9.17, 15) is 0 Å². The predicted molar refractivity (Wildman–Crippen MR) is 91.3 cm³/mol. The van der Waals surface area contributed by atoms with E-state index in [4.69, 9.17) is 9.72 Å². The van der Waals surface area contributed by atoms with E-state index in [0.717, 1.165) is 33.6 Å². The summed E-state index contributed by atoms with van der Waals surface area (Å²) in [5, 5.41) is 5.58. The minimum absolute atomic E-state index is 0.863. The number of rotatable bonds is 2. The molecular weight excluding hydrogens is 274 g/mol. The lowest BCUT2D eigenvalue weighted by atomic mass is 10.0. The van der Waals surface area contributed by atoms with E-state index < -0.39 is 0 Å². The minimum Gasteiger partial charge on any atom is -0.496 e. The van der Waals surface area contributed by atoms with Crippen molar-refractivity contribution in [2.75, 3.05) is 7.11 Å². The molecule has 0 unspecified atom stereocenters. The molecule has 0 aliphatic rings. The number of nitrogens with zero attached hydrogens (tertiary/aromatic N) is 3. The second kappa shape index (κ2) is 6.60. The summed E-state index contributed by atoms with van der Waals surface area (Å²) in [5.74, 6) is 0.863. The van der Waals surface area contributed by atoms with Crippen molar-refractivity contribution in [2.45, 2.75) is 27.7 Å². The lowest BCUT2D eigenvalue weighted by Gasteiger charge is -2.10. The average molecular weight is 297 g/mol. The molecule has 0 spiro atoms. The average Bonchev–Trinajstić information content (AvgIpc) is 2.97. The Kier molecular flexibility index (Phi) is 4.81. The summed E-state index contributed by atoms with van der Waals surface area (Å²) in [4.78, 5) is 4.77. The van der Waals surface area contributed by atoms with E-state index >= 15 is 0 Å². The maximum atomic E-state index is 5.38. The number of methoxy groups -OCH3 is 1. The molecular formula is C18H23N3O. The van der Waals surface area contributed by atoms with Crippen LogP contribution < -0.4 is 4.74 Å². The normalized spacial score (nSPS) is 10.3. The Balaban J connectivity index is 0.000000847. The molecule has 2 aromatic heterocycles. The molecule has 0 radical (unpaired) electrons. The van der Waals surface area contributed by atoms with Crippen LogP contribution >= 0.6 is 0 Å². The van der Waals surface area contributed by atoms with Gasteiger partial charge in [-0.1, -0.05) is 13.8 Å². The smallest absolute Gasteiger partial charge is 0.123 e. The fraction of sp³-hybridized carbons (Fsp3) is 0.333. The first kappa shape index (κ1) is 16.0. The molecule has 0 saturated carbocycles. The number of aromatic nitrogens is 3. The van der Waals surface area contributed by atoms with Gasteiger partial charge in [0.2, 0.25) is 0 Å². The van der Waals surface area contributed by atoms with Crippen molar-refractivity contribution in [1.29, 1.82) is 0 Å². The third kappa shape index (κ3) is 2.82. The van der Waals surface area contributed by atoms with Gasteiger partial charge >= 0.3 is 0 Å². The molecule has 22 heavy (non-hydrogen) atoms. The van der Waals surface area contributed by atoms with Crippen molar-refractivity contribution in [3.05, 3.63) is 41.6 Å². The van der Waals surface area contributed by atoms with Crippen LogP contribution in [-0.4, -0.2) is 21.9 Å². The Labute approximate surface area is 131 Å². The van der Waals surface area contributed by atoms with E-state index in [1.54, 1.807) is 11.8 Å². The van der Waals surface area contributed by atoms with Crippen LogP contribution in [0.5, 0.6) is 5.75 Å². The van der Waals surface area contributed by atoms with Gasteiger partial charge in [0.25, 0.3) is 0 Å². The molecule has 0 fully saturated rings. The lowest BCUT2D eigenvalue weighted by Crippen LogP contribution is -1.95. The van der Waals surface area contributed by atoms with Crippen molar-refractivity contribution in [2.24, 2.45) is 7.05 Å². The summed E-state index contributed by atoms with van der Waals surface area (Å²) < 4.78 is 7.17. The fourth-order valence-electron chi connectivity index (χ4n) is 2.48. The van der Waals surface area contributed by atoms with Crippen LogP contribution in [0.4, 0.5) is 0 Å². The molecule has 4 heteroatoms. The van der Waals surface area contributed by atoms with Gasteiger partial charge in [-0.05, 0) is 43.7 Å². The summed E-state index contributed by atoms with van der Waals surface area (Å²) in [5.41, 5.74) is 5.02. The highest BCUT2D eigenvalue weighted by molar-refractivity contribution is 5.88. The maximum absolute atomic E-state index is 5.38. The van der Waals surface area contributed by atoms with Crippen molar-refractivity contribution in [3.8, 4) is 17.1 Å². The van der Waals surface area contributed by atoms with Gasteiger partial charge < -0.3 is 4.74 Å². The quantitative estimate of drug-likeness (QED) is 0.708. The molecule has 0 atom stereocenters. The topological polar surface area (TPSA) is 39.9 Å². The van der Waals surface area contributed by atoms with Gasteiger partial charge in [0.15, 0.2) is 0 Å². The predicted octanol–water partition coefficient (Wildman–Crippen LogP) is 4.29. The van der Waals surface area contributed by atoms with Crippen molar-refractivity contribution in [3.63, 3.8) is 0 Å². The monoisotopic (exact) mass is 297 g/mol. The summed E-state index contributed by atoms with van der Waals surface area (Å²) in [6, 6.07) is 8.11. The van der Waals surface area contributed by atoms with Crippen molar-refractivity contribution in [1.82, 2.24) is 14.8 Å². The molecule has 0 amide bonds. The van der Waals surface area contributed by atoms with E-state index in [-0.39, 0.29) is 0 Å². The molecule has 0 aliphatic carbocycles. The van der Waals surface area contributed by atoms with Crippen LogP contribution in [-0.2, 0) is 7.05 Å². The SMILES string of the molecule is CC.COc1ccc2c(C)cc(-c3ccn(C)n3)nc2c1C. The first-order valence-electron chi connectivity index (χ1n) is 7.55. The van der Waals surface area contributed by atoms with Crippen molar-refractivity contribution >= 4 is 10.9 Å². The molecule has 2 heterocycles. The third-order valence-corrected chi connectivity index (χ3v) is 3.59. The zero-order valence-electron chi connectivity index (χ0n) is 14.1. The largest absolute Gasteiger partial charge is 0.496 e. The molecule has 0 saturated heterocycles. The number of aryl methyl sites for hydroxylation is 3. The molecule has 3 rings (SSSR count). The Morgan fingerprint density at radius 2 is 1.77 bits per heavy atom. The highest BCUT2D eigenvalue weighted by Gasteiger charge is 2.11. The Hall–Kier alpha value is -2.36. The summed E-state index contributed by atoms with van der Waals surface area (Å²) in [6.07, 6.45) is 1.93. The number of ether oxygens (including phenoxy) is 1. The first-order valence-corrected chi connectivity index (χ1v) is 7.55. The molecule has 0 N–H and O–H groups in total. The van der Waals surface area contributed by atoms with E-state index in [2.05, 4.69) is 24.2 Å². The summed E-state index contributed by atoms with van der Waals surface area (Å²) >= 11 is 0. The van der Waals surface area contributed by atoms with Crippen LogP contribution in [0.2, 0.25) is 0 Å². The minimum atomic E-state index is 0.863. The number of hydrogen-bond donors (Lipinski definition) is 0. The van der Waals surface area contributed by atoms with E-state index in [0.29, 0.717) is 0 Å². The number of fused-ring (bicyclic) bond motifs is 1. The van der Waals surface area contributed by atoms with Crippen LogP contribution in [0.25, 0.3) is 22.3 Å². The van der Waals surface area contributed by atoms with Gasteiger partial charge in [-0.15, -0.1) is 0 Å². The second-order valence-electron chi connectivity index (χ2n) is 4.99. The Bertz CT molecular complexity index is 790. The van der Waals surface area contributed by atoms with Gasteiger partial charge in [-0.3, -0.25) is 4.68 Å². The zero-order chi connectivity index (χ0) is 16.3. The molecule has 0 aliphatic heterocycles. The van der Waals surface area contributed by atoms with Gasteiger partial charge in [0, 0.05) is 24.2 Å². The van der Waals surface area contributed by atoms with Gasteiger partial charge in [0.05, 0.1) is 18.3 Å². The zero-order valence-corrected chi connectivity index (χ0v) is 14.1. The Morgan fingerprint density at radius 3 is 2.36 bits per heavy atom. The molecule has 116 valence electrons. The van der Waals surface area contributed by atoms with Crippen LogP contribution in [0.3, 0.4) is 0 Å². The first-order chi connectivity index (χ1) is 10.6. The van der Waals surface area contributed by atoms with Gasteiger partial charge in [-0.2, -0.15) is 5.10 Å². The Morgan fingerprint density at radius 1 is 1.05 bits per heavy atom. The van der Waals surface area contributed by atoms with Crippen LogP contribution in [0.15, 0.2) is 30.5 Å².